The normalized spacial score (nSPS) is 13.4. The van der Waals surface area contributed by atoms with Crippen molar-refractivity contribution >= 4 is 66.6 Å². The van der Waals surface area contributed by atoms with E-state index in [1.807, 2.05) is 24.3 Å². The van der Waals surface area contributed by atoms with Gasteiger partial charge < -0.3 is 9.97 Å². The maximum atomic E-state index is 6.20. The predicted octanol–water partition coefficient (Wildman–Crippen LogP) is 7.76. The van der Waals surface area contributed by atoms with Crippen molar-refractivity contribution < 1.29 is 0 Å². The van der Waals surface area contributed by atoms with Gasteiger partial charge >= 0.3 is 0 Å². The summed E-state index contributed by atoms with van der Waals surface area (Å²) in [7, 11) is 0. The first kappa shape index (κ1) is 16.8. The number of fused-ring (bicyclic) bond motifs is 10. The number of halogens is 2. The maximum Gasteiger partial charge on any atom is 0.0538 e. The molecule has 2 heterocycles. The van der Waals surface area contributed by atoms with Crippen molar-refractivity contribution in [2.45, 2.75) is 12.8 Å². The van der Waals surface area contributed by atoms with E-state index in [2.05, 4.69) is 46.4 Å². The fraction of sp³-hybridized carbons (Fsp3) is 0.0769. The van der Waals surface area contributed by atoms with Crippen LogP contribution in [0.2, 0.25) is 10.0 Å². The molecule has 1 aliphatic rings. The maximum absolute atomic E-state index is 6.20. The largest absolute Gasteiger partial charge is 0.357 e. The molecule has 4 heteroatoms. The Bertz CT molecular complexity index is 1550. The van der Waals surface area contributed by atoms with Crippen LogP contribution in [0.15, 0.2) is 60.7 Å². The molecule has 144 valence electrons. The third-order valence-corrected chi connectivity index (χ3v) is 7.07. The molecule has 0 saturated heterocycles. The van der Waals surface area contributed by atoms with Crippen molar-refractivity contribution in [2.75, 3.05) is 0 Å². The highest BCUT2D eigenvalue weighted by molar-refractivity contribution is 6.32. The molecule has 0 spiro atoms. The molecule has 0 radical (unpaired) electrons. The van der Waals surface area contributed by atoms with Crippen LogP contribution < -0.4 is 0 Å². The summed E-state index contributed by atoms with van der Waals surface area (Å²) in [5.41, 5.74) is 7.85. The second kappa shape index (κ2) is 5.81. The van der Waals surface area contributed by atoms with Crippen molar-refractivity contribution in [3.05, 3.63) is 93.2 Å². The quantitative estimate of drug-likeness (QED) is 0.248. The lowest BCUT2D eigenvalue weighted by atomic mass is 9.91. The predicted molar refractivity (Wildman–Crippen MR) is 127 cm³/mol. The Morgan fingerprint density at radius 1 is 0.533 bits per heavy atom. The number of benzene rings is 4. The van der Waals surface area contributed by atoms with Crippen molar-refractivity contribution in [1.82, 2.24) is 9.97 Å². The van der Waals surface area contributed by atoms with Crippen molar-refractivity contribution in [3.8, 4) is 0 Å². The second-order valence-corrected chi connectivity index (χ2v) is 9.10. The molecule has 30 heavy (non-hydrogen) atoms. The van der Waals surface area contributed by atoms with Gasteiger partial charge in [-0.1, -0.05) is 59.6 Å². The minimum absolute atomic E-state index is 0.771. The Balaban J connectivity index is 1.46. The van der Waals surface area contributed by atoms with Crippen LogP contribution in [0.5, 0.6) is 0 Å². The molecular weight excluding hydrogens is 411 g/mol. The summed E-state index contributed by atoms with van der Waals surface area (Å²) in [4.78, 5) is 7.46. The van der Waals surface area contributed by atoms with Gasteiger partial charge in [0.2, 0.25) is 0 Å². The van der Waals surface area contributed by atoms with E-state index in [9.17, 15) is 0 Å². The summed E-state index contributed by atoms with van der Waals surface area (Å²) in [6.07, 6.45) is 1.82. The van der Waals surface area contributed by atoms with E-state index in [1.165, 1.54) is 65.9 Å². The lowest BCUT2D eigenvalue weighted by molar-refractivity contribution is 0.960. The van der Waals surface area contributed by atoms with Crippen molar-refractivity contribution in [3.63, 3.8) is 0 Å². The third-order valence-electron chi connectivity index (χ3n) is 6.60. The molecule has 4 aromatic carbocycles. The van der Waals surface area contributed by atoms with E-state index < -0.39 is 0 Å². The number of nitrogens with one attached hydrogen (secondary N) is 2. The Kier molecular flexibility index (Phi) is 3.26. The zero-order valence-corrected chi connectivity index (χ0v) is 17.5. The molecular formula is C26H16Cl2N2. The zero-order valence-electron chi connectivity index (χ0n) is 15.9. The second-order valence-electron chi connectivity index (χ2n) is 8.22. The highest BCUT2D eigenvalue weighted by Crippen LogP contribution is 2.40. The lowest BCUT2D eigenvalue weighted by Crippen LogP contribution is -2.05. The molecule has 2 N–H and O–H groups in total. The average molecular weight is 427 g/mol. The van der Waals surface area contributed by atoms with Crippen molar-refractivity contribution in [1.29, 1.82) is 0 Å². The fourth-order valence-electron chi connectivity index (χ4n) is 5.21. The van der Waals surface area contributed by atoms with E-state index in [-0.39, 0.29) is 0 Å². The van der Waals surface area contributed by atoms with Gasteiger partial charge in [0.1, 0.15) is 0 Å². The van der Waals surface area contributed by atoms with Crippen LogP contribution in [-0.2, 0) is 12.8 Å². The lowest BCUT2D eigenvalue weighted by Gasteiger charge is -2.13. The summed E-state index contributed by atoms with van der Waals surface area (Å²) < 4.78 is 0. The summed E-state index contributed by atoms with van der Waals surface area (Å²) >= 11 is 12.4. The summed E-state index contributed by atoms with van der Waals surface area (Å²) in [5.74, 6) is 0. The topological polar surface area (TPSA) is 31.6 Å². The number of hydrogen-bond donors (Lipinski definition) is 2. The first-order chi connectivity index (χ1) is 14.7. The highest BCUT2D eigenvalue weighted by atomic mass is 35.5. The molecule has 7 rings (SSSR count). The van der Waals surface area contributed by atoms with Crippen molar-refractivity contribution in [2.24, 2.45) is 0 Å². The molecule has 0 atom stereocenters. The highest BCUT2D eigenvalue weighted by Gasteiger charge is 2.24. The summed E-state index contributed by atoms with van der Waals surface area (Å²) in [6, 6.07) is 21.1. The molecule has 1 aliphatic carbocycles. The van der Waals surface area contributed by atoms with Crippen LogP contribution in [-0.4, -0.2) is 9.97 Å². The Hall–Kier alpha value is -2.94. The molecule has 0 amide bonds. The monoisotopic (exact) mass is 426 g/mol. The van der Waals surface area contributed by atoms with E-state index in [1.54, 1.807) is 0 Å². The number of rotatable bonds is 0. The molecule has 0 unspecified atom stereocenters. The van der Waals surface area contributed by atoms with Crippen LogP contribution in [0.25, 0.3) is 43.4 Å². The summed E-state index contributed by atoms with van der Waals surface area (Å²) in [5, 5.41) is 8.96. The molecule has 0 saturated carbocycles. The fourth-order valence-corrected chi connectivity index (χ4v) is 5.57. The average Bonchev–Trinajstić information content (AvgIpc) is 3.29. The minimum Gasteiger partial charge on any atom is -0.357 e. The SMILES string of the molecule is Clc1ccc2c(ccc3c4c([nH]c32)Cc2[nH]c3c(ccc5cc(Cl)ccc53)c2C4)c1. The van der Waals surface area contributed by atoms with Gasteiger partial charge in [-0.25, -0.2) is 0 Å². The Morgan fingerprint density at radius 2 is 1.00 bits per heavy atom. The van der Waals surface area contributed by atoms with Gasteiger partial charge in [-0.15, -0.1) is 0 Å². The molecule has 0 fully saturated rings. The van der Waals surface area contributed by atoms with Gasteiger partial charge in [-0.2, -0.15) is 0 Å². The number of hydrogen-bond acceptors (Lipinski definition) is 0. The number of aromatic amines is 2. The molecule has 2 nitrogen and oxygen atoms in total. The van der Waals surface area contributed by atoms with E-state index in [0.29, 0.717) is 0 Å². The van der Waals surface area contributed by atoms with Crippen LogP contribution in [0.4, 0.5) is 0 Å². The van der Waals surface area contributed by atoms with E-state index >= 15 is 0 Å². The zero-order chi connectivity index (χ0) is 20.0. The van der Waals surface area contributed by atoms with Gasteiger partial charge in [0.15, 0.2) is 0 Å². The summed E-state index contributed by atoms with van der Waals surface area (Å²) in [6.45, 7) is 0. The number of aromatic nitrogens is 2. The molecule has 0 bridgehead atoms. The Morgan fingerprint density at radius 3 is 1.50 bits per heavy atom. The molecule has 2 aromatic heterocycles. The van der Waals surface area contributed by atoms with Gasteiger partial charge in [-0.3, -0.25) is 0 Å². The van der Waals surface area contributed by atoms with Crippen LogP contribution >= 0.6 is 23.2 Å². The van der Waals surface area contributed by atoms with Crippen LogP contribution in [0.1, 0.15) is 22.5 Å². The Labute approximate surface area is 182 Å². The molecule has 0 aliphatic heterocycles. The van der Waals surface area contributed by atoms with Gasteiger partial charge in [0.05, 0.1) is 11.0 Å². The molecule has 6 aromatic rings. The minimum atomic E-state index is 0.771. The van der Waals surface area contributed by atoms with E-state index in [0.717, 1.165) is 22.9 Å². The number of H-pyrrole nitrogens is 2. The van der Waals surface area contributed by atoms with Gasteiger partial charge in [0.25, 0.3) is 0 Å². The van der Waals surface area contributed by atoms with Gasteiger partial charge in [0, 0.05) is 55.8 Å². The first-order valence-electron chi connectivity index (χ1n) is 10.1. The van der Waals surface area contributed by atoms with Gasteiger partial charge in [-0.05, 0) is 46.2 Å². The van der Waals surface area contributed by atoms with E-state index in [4.69, 9.17) is 23.2 Å². The smallest absolute Gasteiger partial charge is 0.0538 e. The van der Waals surface area contributed by atoms with Crippen LogP contribution in [0.3, 0.4) is 0 Å². The standard InChI is InChI=1S/C26H16Cl2N2/c27-15-3-7-17-13(9-15)1-5-19-21-11-22-20-6-2-14-10-16(28)4-8-18(14)26(20)30-24(22)12-23(21)29-25(17)19/h1-10,29-30H,11-12H2. The van der Waals surface area contributed by atoms with Crippen LogP contribution in [0, 0.1) is 0 Å². The first-order valence-corrected chi connectivity index (χ1v) is 10.8. The third kappa shape index (κ3) is 2.21.